The van der Waals surface area contributed by atoms with E-state index in [1.165, 1.54) is 0 Å². The van der Waals surface area contributed by atoms with Crippen molar-refractivity contribution in [3.8, 4) is 17.9 Å². The Bertz CT molecular complexity index is 379. The fraction of sp³-hybridized carbons (Fsp3) is 0.182. The molecule has 0 saturated carbocycles. The summed E-state index contributed by atoms with van der Waals surface area (Å²) < 4.78 is 0. The second-order valence-electron chi connectivity index (χ2n) is 2.49. The van der Waals surface area contributed by atoms with Gasteiger partial charge in [-0.1, -0.05) is 24.1 Å². The van der Waals surface area contributed by atoms with Crippen LogP contribution in [0.4, 0.5) is 0 Å². The third-order valence-electron chi connectivity index (χ3n) is 1.65. The van der Waals surface area contributed by atoms with Crippen LogP contribution in [0.1, 0.15) is 11.1 Å². The summed E-state index contributed by atoms with van der Waals surface area (Å²) in [4.78, 5) is 0. The van der Waals surface area contributed by atoms with Gasteiger partial charge in [-0.3, -0.25) is 0 Å². The van der Waals surface area contributed by atoms with E-state index >= 15 is 0 Å². The van der Waals surface area contributed by atoms with Crippen LogP contribution in [0.2, 0.25) is 0 Å². The van der Waals surface area contributed by atoms with Gasteiger partial charge in [0, 0.05) is 18.1 Å². The van der Waals surface area contributed by atoms with Crippen molar-refractivity contribution in [1.82, 2.24) is 0 Å². The van der Waals surface area contributed by atoms with Crippen LogP contribution in [0.15, 0.2) is 24.3 Å². The largest absolute Gasteiger partial charge is 0.396 e. The summed E-state index contributed by atoms with van der Waals surface area (Å²) >= 11 is 0. The van der Waals surface area contributed by atoms with Crippen molar-refractivity contribution in [2.75, 3.05) is 6.61 Å². The van der Waals surface area contributed by atoms with Gasteiger partial charge in [0.25, 0.3) is 0 Å². The molecule has 1 aromatic rings. The van der Waals surface area contributed by atoms with E-state index in [1.807, 2.05) is 24.3 Å². The van der Waals surface area contributed by atoms with Gasteiger partial charge < -0.3 is 5.11 Å². The van der Waals surface area contributed by atoms with Crippen LogP contribution in [0, 0.1) is 23.2 Å². The van der Waals surface area contributed by atoms with Gasteiger partial charge in [-0.2, -0.15) is 5.26 Å². The highest BCUT2D eigenvalue weighted by Crippen LogP contribution is 2.07. The van der Waals surface area contributed by atoms with E-state index in [1.54, 1.807) is 6.07 Å². The van der Waals surface area contributed by atoms with Crippen molar-refractivity contribution in [3.05, 3.63) is 35.4 Å². The Balaban J connectivity index is 2.99. The van der Waals surface area contributed by atoms with Crippen LogP contribution >= 0.6 is 0 Å². The predicted molar refractivity (Wildman–Crippen MR) is 49.7 cm³/mol. The molecule has 0 spiro atoms. The Hall–Kier alpha value is -1.77. The minimum atomic E-state index is 0.102. The molecule has 2 heteroatoms. The number of nitrogens with zero attached hydrogens (tertiary/aromatic N) is 1. The van der Waals surface area contributed by atoms with E-state index in [0.29, 0.717) is 6.42 Å². The molecule has 0 saturated heterocycles. The first-order valence-corrected chi connectivity index (χ1v) is 3.97. The minimum absolute atomic E-state index is 0.102. The lowest BCUT2D eigenvalue weighted by molar-refractivity contribution is 0.299. The van der Waals surface area contributed by atoms with Crippen molar-refractivity contribution in [3.63, 3.8) is 0 Å². The fourth-order valence-corrected chi connectivity index (χ4v) is 1.08. The summed E-state index contributed by atoms with van der Waals surface area (Å²) in [5.74, 6) is 5.06. The maximum atomic E-state index is 8.76. The molecule has 0 aliphatic carbocycles. The molecular formula is C11H9NO. The summed E-state index contributed by atoms with van der Waals surface area (Å²) in [6.07, 6.45) is 0.580. The third-order valence-corrected chi connectivity index (χ3v) is 1.65. The summed E-state index contributed by atoms with van der Waals surface area (Å²) in [7, 11) is 0. The molecule has 0 fully saturated rings. The summed E-state index contributed by atoms with van der Waals surface area (Å²) in [6, 6.07) is 9.26. The predicted octanol–water partition coefficient (Wildman–Crippen LogP) is 1.10. The molecule has 64 valence electrons. The topological polar surface area (TPSA) is 44.0 Å². The molecule has 0 bridgehead atoms. The van der Waals surface area contributed by atoms with E-state index in [4.69, 9.17) is 10.4 Å². The second-order valence-corrected chi connectivity index (χ2v) is 2.49. The molecule has 0 radical (unpaired) electrons. The van der Waals surface area contributed by atoms with Crippen LogP contribution in [-0.2, 0) is 6.42 Å². The maximum absolute atomic E-state index is 8.76. The second kappa shape index (κ2) is 4.98. The smallest absolute Gasteiger partial charge is 0.152 e. The number of hydrogen-bond donors (Lipinski definition) is 1. The average molecular weight is 171 g/mol. The zero-order chi connectivity index (χ0) is 9.52. The number of aliphatic hydroxyl groups is 1. The Kier molecular flexibility index (Phi) is 3.57. The van der Waals surface area contributed by atoms with Crippen molar-refractivity contribution >= 4 is 0 Å². The molecule has 2 nitrogen and oxygen atoms in total. The fourth-order valence-electron chi connectivity index (χ4n) is 1.08. The number of rotatable bonds is 2. The molecule has 1 rings (SSSR count). The molecule has 0 unspecified atom stereocenters. The molecule has 0 aliphatic rings. The zero-order valence-electron chi connectivity index (χ0n) is 7.12. The molecule has 0 aromatic heterocycles. The van der Waals surface area contributed by atoms with E-state index in [0.717, 1.165) is 11.1 Å². The van der Waals surface area contributed by atoms with Crippen molar-refractivity contribution in [2.45, 2.75) is 6.42 Å². The number of hydrogen-bond acceptors (Lipinski definition) is 2. The van der Waals surface area contributed by atoms with E-state index < -0.39 is 0 Å². The van der Waals surface area contributed by atoms with Gasteiger partial charge in [0.2, 0.25) is 0 Å². The molecule has 1 N–H and O–H groups in total. The van der Waals surface area contributed by atoms with Gasteiger partial charge >= 0.3 is 0 Å². The first-order chi connectivity index (χ1) is 6.38. The number of aliphatic hydroxyl groups excluding tert-OH is 1. The van der Waals surface area contributed by atoms with Crippen LogP contribution < -0.4 is 0 Å². The highest BCUT2D eigenvalue weighted by atomic mass is 16.2. The quantitative estimate of drug-likeness (QED) is 0.677. The first kappa shape index (κ1) is 9.32. The number of nitriles is 1. The molecule has 0 amide bonds. The molecule has 0 aliphatic heterocycles. The van der Waals surface area contributed by atoms with E-state index in [2.05, 4.69) is 11.8 Å². The van der Waals surface area contributed by atoms with Crippen molar-refractivity contribution in [2.24, 2.45) is 0 Å². The highest BCUT2D eigenvalue weighted by Gasteiger charge is 1.96. The van der Waals surface area contributed by atoms with Crippen LogP contribution in [0.25, 0.3) is 0 Å². The SMILES string of the molecule is N#CC#Cc1ccccc1CCO. The first-order valence-electron chi connectivity index (χ1n) is 3.97. The Labute approximate surface area is 77.4 Å². The normalized spacial score (nSPS) is 8.31. The van der Waals surface area contributed by atoms with Gasteiger partial charge in [0.15, 0.2) is 6.07 Å². The van der Waals surface area contributed by atoms with Crippen LogP contribution in [-0.4, -0.2) is 11.7 Å². The Morgan fingerprint density at radius 3 is 2.77 bits per heavy atom. The third kappa shape index (κ3) is 2.63. The Morgan fingerprint density at radius 1 is 1.31 bits per heavy atom. The van der Waals surface area contributed by atoms with Crippen molar-refractivity contribution in [1.29, 1.82) is 5.26 Å². The molecule has 13 heavy (non-hydrogen) atoms. The lowest BCUT2D eigenvalue weighted by Crippen LogP contribution is -1.93. The van der Waals surface area contributed by atoms with Gasteiger partial charge in [-0.05, 0) is 18.1 Å². The number of benzene rings is 1. The molecule has 0 heterocycles. The van der Waals surface area contributed by atoms with Gasteiger partial charge in [-0.15, -0.1) is 0 Å². The van der Waals surface area contributed by atoms with Crippen molar-refractivity contribution < 1.29 is 5.11 Å². The summed E-state index contributed by atoms with van der Waals surface area (Å²) in [6.45, 7) is 0.102. The zero-order valence-corrected chi connectivity index (χ0v) is 7.12. The van der Waals surface area contributed by atoms with Gasteiger partial charge in [0.05, 0.1) is 0 Å². The molecular weight excluding hydrogens is 162 g/mol. The standard InChI is InChI=1S/C11H9NO/c12-8-3-6-10-4-1-2-5-11(10)7-9-13/h1-2,4-5,13H,7,9H2. The molecule has 0 atom stereocenters. The summed E-state index contributed by atoms with van der Waals surface area (Å²) in [5, 5.41) is 17.0. The van der Waals surface area contributed by atoms with Crippen LogP contribution in [0.3, 0.4) is 0 Å². The average Bonchev–Trinajstić information content (AvgIpc) is 2.17. The molecule has 1 aromatic carbocycles. The lowest BCUT2D eigenvalue weighted by atomic mass is 10.1. The van der Waals surface area contributed by atoms with Gasteiger partial charge in [-0.25, -0.2) is 0 Å². The summed E-state index contributed by atoms with van der Waals surface area (Å²) in [5.41, 5.74) is 1.80. The Morgan fingerprint density at radius 2 is 2.08 bits per heavy atom. The monoisotopic (exact) mass is 171 g/mol. The lowest BCUT2D eigenvalue weighted by Gasteiger charge is -2.00. The maximum Gasteiger partial charge on any atom is 0.152 e. The minimum Gasteiger partial charge on any atom is -0.396 e. The van der Waals surface area contributed by atoms with Crippen LogP contribution in [0.5, 0.6) is 0 Å². The highest BCUT2D eigenvalue weighted by molar-refractivity contribution is 5.43. The van der Waals surface area contributed by atoms with Gasteiger partial charge in [0.1, 0.15) is 0 Å². The van der Waals surface area contributed by atoms with E-state index in [-0.39, 0.29) is 6.61 Å². The van der Waals surface area contributed by atoms with E-state index in [9.17, 15) is 0 Å².